The highest BCUT2D eigenvalue weighted by molar-refractivity contribution is 8.13. The summed E-state index contributed by atoms with van der Waals surface area (Å²) in [6.45, 7) is -0.566. The van der Waals surface area contributed by atoms with Gasteiger partial charge in [-0.2, -0.15) is 18.4 Å². The summed E-state index contributed by atoms with van der Waals surface area (Å²) in [5, 5.41) is 8.63. The van der Waals surface area contributed by atoms with Gasteiger partial charge >= 0.3 is 6.18 Å². The maximum absolute atomic E-state index is 12.8. The number of alkyl halides is 3. The van der Waals surface area contributed by atoms with Gasteiger partial charge in [0.15, 0.2) is 0 Å². The topological polar surface area (TPSA) is 83.9 Å². The lowest BCUT2D eigenvalue weighted by molar-refractivity contribution is -0.140. The van der Waals surface area contributed by atoms with Crippen molar-refractivity contribution in [2.75, 3.05) is 0 Å². The summed E-state index contributed by atoms with van der Waals surface area (Å²) in [4.78, 5) is -1.16. The Morgan fingerprint density at radius 1 is 1.39 bits per heavy atom. The van der Waals surface area contributed by atoms with E-state index >= 15 is 0 Å². The van der Waals surface area contributed by atoms with Crippen LogP contribution in [0.3, 0.4) is 0 Å². The monoisotopic (exact) mass is 298 g/mol. The Morgan fingerprint density at radius 3 is 2.28 bits per heavy atom. The lowest BCUT2D eigenvalue weighted by atomic mass is 10.0. The van der Waals surface area contributed by atoms with E-state index in [1.54, 1.807) is 6.07 Å². The summed E-state index contributed by atoms with van der Waals surface area (Å²) in [7, 11) is 0.313. The van der Waals surface area contributed by atoms with Crippen LogP contribution >= 0.6 is 10.7 Å². The highest BCUT2D eigenvalue weighted by atomic mass is 35.7. The van der Waals surface area contributed by atoms with Gasteiger partial charge in [-0.15, -0.1) is 0 Å². The van der Waals surface area contributed by atoms with E-state index in [1.165, 1.54) is 0 Å². The van der Waals surface area contributed by atoms with E-state index in [2.05, 4.69) is 0 Å². The second kappa shape index (κ2) is 4.76. The summed E-state index contributed by atoms with van der Waals surface area (Å²) in [6.07, 6.45) is -4.93. The molecule has 0 aliphatic heterocycles. The second-order valence-corrected chi connectivity index (χ2v) is 5.79. The van der Waals surface area contributed by atoms with Gasteiger partial charge in [0.1, 0.15) is 0 Å². The molecule has 0 radical (unpaired) electrons. The van der Waals surface area contributed by atoms with Crippen molar-refractivity contribution in [3.8, 4) is 6.07 Å². The molecule has 18 heavy (non-hydrogen) atoms. The zero-order valence-corrected chi connectivity index (χ0v) is 10.2. The van der Waals surface area contributed by atoms with E-state index in [0.29, 0.717) is 6.07 Å². The second-order valence-electron chi connectivity index (χ2n) is 3.26. The zero-order chi connectivity index (χ0) is 14.1. The summed E-state index contributed by atoms with van der Waals surface area (Å²) < 4.78 is 60.7. The van der Waals surface area contributed by atoms with Gasteiger partial charge in [-0.1, -0.05) is 0 Å². The summed E-state index contributed by atoms with van der Waals surface area (Å²) >= 11 is 0. The van der Waals surface area contributed by atoms with Crippen LogP contribution < -0.4 is 5.73 Å². The molecular weight excluding hydrogens is 293 g/mol. The van der Waals surface area contributed by atoms with Crippen molar-refractivity contribution in [2.24, 2.45) is 5.73 Å². The smallest absolute Gasteiger partial charge is 0.326 e. The van der Waals surface area contributed by atoms with Crippen LogP contribution in [0.4, 0.5) is 13.2 Å². The number of nitrogens with two attached hydrogens (primary N) is 1. The van der Waals surface area contributed by atoms with Crippen molar-refractivity contribution in [1.29, 1.82) is 5.26 Å². The van der Waals surface area contributed by atoms with Crippen molar-refractivity contribution in [3.05, 3.63) is 28.8 Å². The van der Waals surface area contributed by atoms with E-state index < -0.39 is 37.8 Å². The predicted molar refractivity (Wildman–Crippen MR) is 57.1 cm³/mol. The molecule has 98 valence electrons. The molecule has 0 spiro atoms. The molecule has 0 atom stereocenters. The van der Waals surface area contributed by atoms with Crippen molar-refractivity contribution >= 4 is 19.7 Å². The molecule has 1 aromatic carbocycles. The van der Waals surface area contributed by atoms with E-state index in [1.807, 2.05) is 0 Å². The number of nitrogens with zero attached hydrogens (tertiary/aromatic N) is 1. The minimum atomic E-state index is -4.93. The fraction of sp³-hybridized carbons (Fsp3) is 0.222. The first-order valence-electron chi connectivity index (χ1n) is 4.40. The van der Waals surface area contributed by atoms with Gasteiger partial charge in [0.2, 0.25) is 0 Å². The molecule has 0 saturated heterocycles. The molecule has 2 N–H and O–H groups in total. The molecule has 0 aliphatic rings. The summed E-state index contributed by atoms with van der Waals surface area (Å²) in [5.74, 6) is 0. The quantitative estimate of drug-likeness (QED) is 0.846. The maximum atomic E-state index is 12.8. The summed E-state index contributed by atoms with van der Waals surface area (Å²) in [6, 6.07) is 3.00. The van der Waals surface area contributed by atoms with Crippen molar-refractivity contribution in [2.45, 2.75) is 17.6 Å². The molecule has 1 rings (SSSR count). The fourth-order valence-corrected chi connectivity index (χ4v) is 2.54. The largest absolute Gasteiger partial charge is 0.418 e. The van der Waals surface area contributed by atoms with Crippen LogP contribution in [0.1, 0.15) is 16.7 Å². The number of hydrogen-bond donors (Lipinski definition) is 1. The number of halogens is 4. The van der Waals surface area contributed by atoms with Gasteiger partial charge in [0.25, 0.3) is 9.05 Å². The van der Waals surface area contributed by atoms with Crippen molar-refractivity contribution in [1.82, 2.24) is 0 Å². The molecule has 0 amide bonds. The highest BCUT2D eigenvalue weighted by Gasteiger charge is 2.39. The van der Waals surface area contributed by atoms with E-state index in [-0.39, 0.29) is 5.56 Å². The molecular formula is C9H6ClF3N2O2S. The van der Waals surface area contributed by atoms with Gasteiger partial charge in [0, 0.05) is 17.2 Å². The fourth-order valence-electron chi connectivity index (χ4n) is 1.41. The maximum Gasteiger partial charge on any atom is 0.418 e. The third-order valence-electron chi connectivity index (χ3n) is 2.08. The minimum absolute atomic E-state index is 0.261. The van der Waals surface area contributed by atoms with Gasteiger partial charge < -0.3 is 5.73 Å². The summed E-state index contributed by atoms with van der Waals surface area (Å²) in [5.41, 5.74) is 2.94. The molecule has 0 aromatic heterocycles. The van der Waals surface area contributed by atoms with Crippen LogP contribution in [0, 0.1) is 11.3 Å². The molecule has 0 saturated carbocycles. The SMILES string of the molecule is N#Cc1cc(CN)c(C(F)(F)F)c(S(=O)(=O)Cl)c1. The van der Waals surface area contributed by atoms with Gasteiger partial charge in [0.05, 0.1) is 22.1 Å². The van der Waals surface area contributed by atoms with Crippen molar-refractivity contribution < 1.29 is 21.6 Å². The number of nitriles is 1. The molecule has 9 heteroatoms. The Labute approximate surface area is 105 Å². The van der Waals surface area contributed by atoms with Crippen LogP contribution in [0.2, 0.25) is 0 Å². The van der Waals surface area contributed by atoms with E-state index in [0.717, 1.165) is 6.07 Å². The average molecular weight is 299 g/mol. The van der Waals surface area contributed by atoms with E-state index in [9.17, 15) is 21.6 Å². The highest BCUT2D eigenvalue weighted by Crippen LogP contribution is 2.38. The normalized spacial score (nSPS) is 12.2. The van der Waals surface area contributed by atoms with Crippen LogP contribution in [-0.4, -0.2) is 8.42 Å². The average Bonchev–Trinajstić information content (AvgIpc) is 2.24. The first-order chi connectivity index (χ1) is 8.11. The zero-order valence-electron chi connectivity index (χ0n) is 8.62. The van der Waals surface area contributed by atoms with E-state index in [4.69, 9.17) is 21.7 Å². The molecule has 1 aromatic rings. The van der Waals surface area contributed by atoms with Crippen molar-refractivity contribution in [3.63, 3.8) is 0 Å². The Bertz CT molecular complexity index is 620. The van der Waals surface area contributed by atoms with Gasteiger partial charge in [-0.25, -0.2) is 8.42 Å². The van der Waals surface area contributed by atoms with Gasteiger partial charge in [-0.3, -0.25) is 0 Å². The Hall–Kier alpha value is -1.30. The van der Waals surface area contributed by atoms with Crippen LogP contribution in [0.5, 0.6) is 0 Å². The van der Waals surface area contributed by atoms with Crippen LogP contribution in [0.25, 0.3) is 0 Å². The first kappa shape index (κ1) is 14.8. The Kier molecular flexibility index (Phi) is 3.90. The number of rotatable bonds is 2. The molecule has 0 bridgehead atoms. The Morgan fingerprint density at radius 2 is 1.94 bits per heavy atom. The molecule has 0 heterocycles. The first-order valence-corrected chi connectivity index (χ1v) is 6.71. The molecule has 0 fully saturated rings. The van der Waals surface area contributed by atoms with Crippen LogP contribution in [0.15, 0.2) is 17.0 Å². The Balaban J connectivity index is 3.83. The minimum Gasteiger partial charge on any atom is -0.326 e. The number of hydrogen-bond acceptors (Lipinski definition) is 4. The molecule has 4 nitrogen and oxygen atoms in total. The standard InChI is InChI=1S/C9H6ClF3N2O2S/c10-18(16,17)7-2-5(3-14)1-6(4-15)8(7)9(11,12)13/h1-2H,4,15H2. The lowest BCUT2D eigenvalue weighted by Crippen LogP contribution is -2.16. The third kappa shape index (κ3) is 2.93. The van der Waals surface area contributed by atoms with Crippen LogP contribution in [-0.2, 0) is 21.8 Å². The van der Waals surface area contributed by atoms with Gasteiger partial charge in [-0.05, 0) is 17.7 Å². The molecule has 0 aliphatic carbocycles. The molecule has 0 unspecified atom stereocenters. The number of benzene rings is 1. The lowest BCUT2D eigenvalue weighted by Gasteiger charge is -2.15. The third-order valence-corrected chi connectivity index (χ3v) is 3.43. The predicted octanol–water partition coefficient (Wildman–Crippen LogP) is 1.96.